The number of carbonyl (C=O) groups excluding carboxylic acids is 1. The Balaban J connectivity index is 1.05. The van der Waals surface area contributed by atoms with E-state index < -0.39 is 6.36 Å². The Hall–Kier alpha value is -3.52. The standard InChI is InChI=1S/C25H29F3N8O2S/c26-25(27,28)38-20-7-5-17(6-8-20)14-35-11-2-3-18(15-35)13-22(37)31-24-34-33-23(39-24)30-19-9-12-36(16-19)21-4-1-10-29-32-21/h1,4-8,10,18-19H,2-3,9,11-16H2,(H,30,33)(H,31,34,37)/t18-,19+/m0/s1. The van der Waals surface area contributed by atoms with E-state index in [2.05, 4.69) is 45.6 Å². The Labute approximate surface area is 227 Å². The van der Waals surface area contributed by atoms with Crippen LogP contribution in [0.3, 0.4) is 0 Å². The number of anilines is 3. The molecule has 10 nitrogen and oxygen atoms in total. The molecule has 2 atom stereocenters. The van der Waals surface area contributed by atoms with E-state index in [1.165, 1.54) is 23.5 Å². The fourth-order valence-corrected chi connectivity index (χ4v) is 5.74. The molecule has 2 N–H and O–H groups in total. The van der Waals surface area contributed by atoms with E-state index >= 15 is 0 Å². The molecule has 208 valence electrons. The molecule has 2 fully saturated rings. The fraction of sp³-hybridized carbons (Fsp3) is 0.480. The summed E-state index contributed by atoms with van der Waals surface area (Å²) in [6.45, 7) is 3.87. The molecule has 2 aliphatic heterocycles. The summed E-state index contributed by atoms with van der Waals surface area (Å²) in [5, 5.41) is 23.8. The second-order valence-electron chi connectivity index (χ2n) is 9.76. The van der Waals surface area contributed by atoms with Gasteiger partial charge in [-0.1, -0.05) is 23.5 Å². The minimum atomic E-state index is -4.70. The zero-order valence-corrected chi connectivity index (χ0v) is 21.9. The molecule has 14 heteroatoms. The van der Waals surface area contributed by atoms with Crippen molar-refractivity contribution in [3.05, 3.63) is 48.2 Å². The summed E-state index contributed by atoms with van der Waals surface area (Å²) < 4.78 is 41.0. The summed E-state index contributed by atoms with van der Waals surface area (Å²) in [5.74, 6) is 0.694. The lowest BCUT2D eigenvalue weighted by atomic mass is 9.94. The van der Waals surface area contributed by atoms with E-state index in [0.717, 1.165) is 56.8 Å². The van der Waals surface area contributed by atoms with Crippen LogP contribution < -0.4 is 20.3 Å². The van der Waals surface area contributed by atoms with Gasteiger partial charge in [0.25, 0.3) is 0 Å². The van der Waals surface area contributed by atoms with Gasteiger partial charge in [-0.3, -0.25) is 9.69 Å². The van der Waals surface area contributed by atoms with Crippen LogP contribution in [0, 0.1) is 5.92 Å². The highest BCUT2D eigenvalue weighted by Crippen LogP contribution is 2.27. The van der Waals surface area contributed by atoms with Crippen LogP contribution in [0.25, 0.3) is 0 Å². The van der Waals surface area contributed by atoms with Crippen LogP contribution in [0.5, 0.6) is 5.75 Å². The second kappa shape index (κ2) is 12.1. The molecule has 5 rings (SSSR count). The highest BCUT2D eigenvalue weighted by atomic mass is 32.1. The number of rotatable bonds is 9. The maximum absolute atomic E-state index is 12.7. The monoisotopic (exact) mass is 562 g/mol. The summed E-state index contributed by atoms with van der Waals surface area (Å²) in [6.07, 6.45) is 0.140. The molecule has 2 saturated heterocycles. The Morgan fingerprint density at radius 2 is 1.87 bits per heavy atom. The van der Waals surface area contributed by atoms with Gasteiger partial charge in [-0.2, -0.15) is 5.10 Å². The number of alkyl halides is 3. The summed E-state index contributed by atoms with van der Waals surface area (Å²) in [7, 11) is 0. The topological polar surface area (TPSA) is 108 Å². The van der Waals surface area contributed by atoms with Gasteiger partial charge >= 0.3 is 6.36 Å². The molecule has 0 saturated carbocycles. The molecule has 3 aromatic rings. The number of amides is 1. The van der Waals surface area contributed by atoms with Crippen molar-refractivity contribution < 1.29 is 22.7 Å². The second-order valence-corrected chi connectivity index (χ2v) is 10.7. The number of carbonyl (C=O) groups is 1. The van der Waals surface area contributed by atoms with Gasteiger partial charge in [0.15, 0.2) is 5.82 Å². The lowest BCUT2D eigenvalue weighted by molar-refractivity contribution is -0.274. The molecule has 1 aromatic carbocycles. The summed E-state index contributed by atoms with van der Waals surface area (Å²) in [4.78, 5) is 17.1. The van der Waals surface area contributed by atoms with Crippen molar-refractivity contribution in [3.63, 3.8) is 0 Å². The van der Waals surface area contributed by atoms with Gasteiger partial charge in [-0.25, -0.2) is 0 Å². The van der Waals surface area contributed by atoms with Crippen molar-refractivity contribution in [1.82, 2.24) is 25.3 Å². The number of nitrogens with zero attached hydrogens (tertiary/aromatic N) is 6. The molecular weight excluding hydrogens is 533 g/mol. The maximum atomic E-state index is 12.7. The van der Waals surface area contributed by atoms with Gasteiger partial charge in [0.05, 0.1) is 0 Å². The third-order valence-corrected chi connectivity index (χ3v) is 7.48. The molecule has 2 aromatic heterocycles. The molecule has 0 bridgehead atoms. The summed E-state index contributed by atoms with van der Waals surface area (Å²) in [5.41, 5.74) is 0.894. The molecule has 0 spiro atoms. The van der Waals surface area contributed by atoms with Crippen LogP contribution in [0.4, 0.5) is 29.3 Å². The fourth-order valence-electron chi connectivity index (χ4n) is 5.00. The van der Waals surface area contributed by atoms with E-state index in [4.69, 9.17) is 0 Å². The lowest BCUT2D eigenvalue weighted by Gasteiger charge is -2.32. The predicted molar refractivity (Wildman–Crippen MR) is 141 cm³/mol. The number of halogens is 3. The maximum Gasteiger partial charge on any atom is 0.573 e. The largest absolute Gasteiger partial charge is 0.573 e. The molecule has 2 aliphatic rings. The van der Waals surface area contributed by atoms with E-state index in [1.54, 1.807) is 18.3 Å². The number of benzene rings is 1. The number of hydrogen-bond donors (Lipinski definition) is 2. The Morgan fingerprint density at radius 1 is 1.05 bits per heavy atom. The third kappa shape index (κ3) is 7.99. The summed E-state index contributed by atoms with van der Waals surface area (Å²) >= 11 is 1.31. The number of ether oxygens (including phenoxy) is 1. The van der Waals surface area contributed by atoms with Crippen LogP contribution >= 0.6 is 11.3 Å². The minimum absolute atomic E-state index is 0.104. The van der Waals surface area contributed by atoms with Gasteiger partial charge in [0, 0.05) is 44.8 Å². The van der Waals surface area contributed by atoms with Crippen molar-refractivity contribution >= 4 is 33.3 Å². The zero-order chi connectivity index (χ0) is 27.2. The number of piperidine rings is 1. The molecule has 0 aliphatic carbocycles. The van der Waals surface area contributed by atoms with E-state index in [1.807, 2.05) is 12.1 Å². The van der Waals surface area contributed by atoms with Crippen molar-refractivity contribution in [2.45, 2.75) is 44.6 Å². The third-order valence-electron chi connectivity index (χ3n) is 6.71. The normalized spacial score (nSPS) is 20.1. The van der Waals surface area contributed by atoms with E-state index in [0.29, 0.717) is 23.2 Å². The Bertz CT molecular complexity index is 1230. The van der Waals surface area contributed by atoms with Crippen molar-refractivity contribution in [1.29, 1.82) is 0 Å². The molecule has 4 heterocycles. The van der Waals surface area contributed by atoms with Gasteiger partial charge in [-0.15, -0.1) is 28.5 Å². The number of hydrogen-bond acceptors (Lipinski definition) is 10. The number of aromatic nitrogens is 4. The van der Waals surface area contributed by atoms with E-state index in [-0.39, 0.29) is 23.6 Å². The summed E-state index contributed by atoms with van der Waals surface area (Å²) in [6, 6.07) is 9.92. The SMILES string of the molecule is O=C(C[C@@H]1CCCN(Cc2ccc(OC(F)(F)F)cc2)C1)Nc1nnc(N[C@@H]2CCN(c3cccnn3)C2)s1. The van der Waals surface area contributed by atoms with Crippen LogP contribution in [-0.4, -0.2) is 69.8 Å². The van der Waals surface area contributed by atoms with Crippen molar-refractivity contribution in [2.24, 2.45) is 5.92 Å². The van der Waals surface area contributed by atoms with Crippen LogP contribution in [0.2, 0.25) is 0 Å². The zero-order valence-electron chi connectivity index (χ0n) is 21.1. The highest BCUT2D eigenvalue weighted by molar-refractivity contribution is 7.19. The lowest BCUT2D eigenvalue weighted by Crippen LogP contribution is -2.36. The average molecular weight is 563 g/mol. The van der Waals surface area contributed by atoms with Crippen LogP contribution in [0.15, 0.2) is 42.6 Å². The van der Waals surface area contributed by atoms with Crippen molar-refractivity contribution in [3.8, 4) is 5.75 Å². The highest BCUT2D eigenvalue weighted by Gasteiger charge is 2.31. The molecule has 0 radical (unpaired) electrons. The van der Waals surface area contributed by atoms with Crippen LogP contribution in [0.1, 0.15) is 31.2 Å². The first-order chi connectivity index (χ1) is 18.8. The Morgan fingerprint density at radius 3 is 2.64 bits per heavy atom. The van der Waals surface area contributed by atoms with E-state index in [9.17, 15) is 18.0 Å². The Kier molecular flexibility index (Phi) is 8.41. The number of likely N-dealkylation sites (tertiary alicyclic amines) is 1. The van der Waals surface area contributed by atoms with Crippen LogP contribution in [-0.2, 0) is 11.3 Å². The molecule has 0 unspecified atom stereocenters. The quantitative estimate of drug-likeness (QED) is 0.398. The minimum Gasteiger partial charge on any atom is -0.406 e. The van der Waals surface area contributed by atoms with Crippen molar-refractivity contribution in [2.75, 3.05) is 41.7 Å². The van der Waals surface area contributed by atoms with Gasteiger partial charge in [0.1, 0.15) is 5.75 Å². The average Bonchev–Trinajstić information content (AvgIpc) is 3.55. The van der Waals surface area contributed by atoms with Gasteiger partial charge < -0.3 is 20.3 Å². The molecule has 39 heavy (non-hydrogen) atoms. The first-order valence-electron chi connectivity index (χ1n) is 12.8. The first-order valence-corrected chi connectivity index (χ1v) is 13.6. The molecular formula is C25H29F3N8O2S. The first kappa shape index (κ1) is 27.1. The smallest absolute Gasteiger partial charge is 0.406 e. The molecule has 1 amide bonds. The predicted octanol–water partition coefficient (Wildman–Crippen LogP) is 4.16. The number of nitrogens with one attached hydrogen (secondary N) is 2. The van der Waals surface area contributed by atoms with Gasteiger partial charge in [-0.05, 0) is 61.6 Å². The van der Waals surface area contributed by atoms with Gasteiger partial charge in [0.2, 0.25) is 16.2 Å².